The van der Waals surface area contributed by atoms with Crippen molar-refractivity contribution >= 4 is 7.82 Å². The number of rotatable bonds is 2. The van der Waals surface area contributed by atoms with Crippen molar-refractivity contribution in [2.24, 2.45) is 0 Å². The minimum absolute atomic E-state index is 0. The fourth-order valence-electron chi connectivity index (χ4n) is 0.0745. The molecule has 0 aromatic carbocycles. The molecule has 0 spiro atoms. The van der Waals surface area contributed by atoms with Crippen LogP contribution in [0.25, 0.3) is 0 Å². The predicted octanol–water partition coefficient (Wildman–Crippen LogP) is -0.252. The van der Waals surface area contributed by atoms with Crippen molar-refractivity contribution in [2.45, 2.75) is 0 Å². The zero-order chi connectivity index (χ0) is 5.91. The van der Waals surface area contributed by atoms with Gasteiger partial charge < -0.3 is 13.9 Å². The van der Waals surface area contributed by atoms with Gasteiger partial charge in [0, 0.05) is 14.2 Å². The van der Waals surface area contributed by atoms with Crippen LogP contribution in [0.2, 0.25) is 0 Å². The molecule has 0 aromatic rings. The van der Waals surface area contributed by atoms with E-state index in [4.69, 9.17) is 0 Å². The summed E-state index contributed by atoms with van der Waals surface area (Å²) in [5.41, 5.74) is 0. The van der Waals surface area contributed by atoms with Gasteiger partial charge in [-0.15, -0.1) is 0 Å². The minimum atomic E-state index is -3.90. The van der Waals surface area contributed by atoms with Crippen molar-refractivity contribution in [3.8, 4) is 0 Å². The molecule has 0 aliphatic rings. The molecule has 0 saturated heterocycles. The van der Waals surface area contributed by atoms with Crippen LogP contribution in [-0.2, 0) is 13.6 Å². The summed E-state index contributed by atoms with van der Waals surface area (Å²) < 4.78 is 17.7. The van der Waals surface area contributed by atoms with Crippen LogP contribution in [0.5, 0.6) is 0 Å². The summed E-state index contributed by atoms with van der Waals surface area (Å²) in [6.45, 7) is 0. The van der Waals surface area contributed by atoms with E-state index in [1.165, 1.54) is 0 Å². The van der Waals surface area contributed by atoms with Gasteiger partial charge >= 0.3 is 41.7 Å². The molecule has 0 rings (SSSR count). The molecule has 6 heteroatoms. The van der Waals surface area contributed by atoms with Gasteiger partial charge in [0.2, 0.25) is 0 Å². The molecule has 0 atom stereocenters. The first-order chi connectivity index (χ1) is 3.12. The Labute approximate surface area is 81.6 Å². The third-order valence-corrected chi connectivity index (χ3v) is 1.34. The summed E-state index contributed by atoms with van der Waals surface area (Å²) >= 11 is 0. The van der Waals surface area contributed by atoms with Crippen LogP contribution in [0.3, 0.4) is 0 Å². The summed E-state index contributed by atoms with van der Waals surface area (Å²) in [5, 5.41) is 0. The van der Waals surface area contributed by atoms with E-state index < -0.39 is 7.82 Å². The smallest absolute Gasteiger partial charge is 0.756 e. The van der Waals surface area contributed by atoms with E-state index in [0.717, 1.165) is 14.2 Å². The quantitative estimate of drug-likeness (QED) is 0.646. The van der Waals surface area contributed by atoms with Crippen LogP contribution in [0.4, 0.5) is 0 Å². The molecule has 0 aliphatic carbocycles. The van der Waals surface area contributed by atoms with Crippen molar-refractivity contribution in [1.82, 2.24) is 0 Å². The Kier molecular flexibility index (Phi) is 8.05. The van der Waals surface area contributed by atoms with E-state index >= 15 is 0 Å². The Bertz CT molecular complexity index is 86.0. The maximum Gasteiger partial charge on any atom is 3.00 e. The first kappa shape index (κ1) is 12.2. The van der Waals surface area contributed by atoms with Crippen LogP contribution in [0, 0.1) is 41.7 Å². The number of phosphoric ester groups is 1. The zero-order valence-corrected chi connectivity index (χ0v) is 8.61. The molecule has 0 N–H and O–H groups in total. The van der Waals surface area contributed by atoms with Gasteiger partial charge in [-0.2, -0.15) is 0 Å². The van der Waals surface area contributed by atoms with Crippen molar-refractivity contribution in [2.75, 3.05) is 14.2 Å². The van der Waals surface area contributed by atoms with Crippen molar-refractivity contribution < 1.29 is 60.3 Å². The van der Waals surface area contributed by atoms with Crippen molar-refractivity contribution in [3.05, 3.63) is 0 Å². The van der Waals surface area contributed by atoms with Gasteiger partial charge in [0.05, 0.1) is 0 Å². The second-order valence-corrected chi connectivity index (χ2v) is 2.44. The molecule has 0 aliphatic heterocycles. The fraction of sp³-hybridized carbons (Fsp3) is 1.00. The topological polar surface area (TPSA) is 58.6 Å². The Balaban J connectivity index is 0. The Morgan fingerprint density at radius 3 is 1.62 bits per heavy atom. The summed E-state index contributed by atoms with van der Waals surface area (Å²) in [6, 6.07) is 0. The SMILES string of the molecule is COP(=O)([O-])OC.[Ce+3]. The van der Waals surface area contributed by atoms with E-state index in [9.17, 15) is 9.46 Å². The molecule has 1 radical (unpaired) electrons. The molecular formula is C2H6CeO4P+2. The van der Waals surface area contributed by atoms with Gasteiger partial charge in [0.15, 0.2) is 0 Å². The molecular weight excluding hydrogens is 259 g/mol. The maximum absolute atomic E-state index is 9.95. The summed E-state index contributed by atoms with van der Waals surface area (Å²) in [6.07, 6.45) is 0. The molecule has 8 heavy (non-hydrogen) atoms. The van der Waals surface area contributed by atoms with Gasteiger partial charge in [-0.3, -0.25) is 4.57 Å². The minimum Gasteiger partial charge on any atom is -0.756 e. The molecule has 4 nitrogen and oxygen atoms in total. The summed E-state index contributed by atoms with van der Waals surface area (Å²) in [5.74, 6) is 0. The predicted molar refractivity (Wildman–Crippen MR) is 21.6 cm³/mol. The van der Waals surface area contributed by atoms with Crippen LogP contribution in [-0.4, -0.2) is 14.2 Å². The Hall–Kier alpha value is 1.49. The van der Waals surface area contributed by atoms with Gasteiger partial charge in [-0.25, -0.2) is 0 Å². The molecule has 0 unspecified atom stereocenters. The van der Waals surface area contributed by atoms with Crippen LogP contribution in [0.1, 0.15) is 0 Å². The van der Waals surface area contributed by atoms with Crippen LogP contribution in [0.15, 0.2) is 0 Å². The van der Waals surface area contributed by atoms with E-state index in [0.29, 0.717) is 0 Å². The molecule has 0 amide bonds. The molecule has 45 valence electrons. The maximum atomic E-state index is 9.95. The first-order valence-corrected chi connectivity index (χ1v) is 3.01. The number of hydrogen-bond acceptors (Lipinski definition) is 4. The second-order valence-electron chi connectivity index (χ2n) is 0.812. The van der Waals surface area contributed by atoms with E-state index in [1.807, 2.05) is 0 Å². The molecule has 0 heterocycles. The van der Waals surface area contributed by atoms with Crippen molar-refractivity contribution in [1.29, 1.82) is 0 Å². The Morgan fingerprint density at radius 2 is 1.62 bits per heavy atom. The largest absolute Gasteiger partial charge is 3.00 e. The third kappa shape index (κ3) is 5.62. The molecule has 0 fully saturated rings. The second kappa shape index (κ2) is 5.29. The summed E-state index contributed by atoms with van der Waals surface area (Å²) in [4.78, 5) is 9.95. The first-order valence-electron chi connectivity index (χ1n) is 1.55. The molecule has 0 saturated carbocycles. The monoisotopic (exact) mass is 265 g/mol. The van der Waals surface area contributed by atoms with E-state index in [-0.39, 0.29) is 41.7 Å². The van der Waals surface area contributed by atoms with Crippen LogP contribution < -0.4 is 4.89 Å². The standard InChI is InChI=1S/C2H7O4P.Ce/c1-5-7(3,4)6-2;/h1-2H3,(H,3,4);/q;+3/p-1. The van der Waals surface area contributed by atoms with Crippen LogP contribution >= 0.6 is 7.82 Å². The van der Waals surface area contributed by atoms with Crippen molar-refractivity contribution in [3.63, 3.8) is 0 Å². The van der Waals surface area contributed by atoms with Gasteiger partial charge in [-0.1, -0.05) is 0 Å². The average molecular weight is 265 g/mol. The number of phosphoric acid groups is 1. The Morgan fingerprint density at radius 1 is 1.38 bits per heavy atom. The van der Waals surface area contributed by atoms with Gasteiger partial charge in [0.25, 0.3) is 7.82 Å². The fourth-order valence-corrected chi connectivity index (χ4v) is 0.224. The van der Waals surface area contributed by atoms with Gasteiger partial charge in [-0.05, 0) is 0 Å². The van der Waals surface area contributed by atoms with Gasteiger partial charge in [0.1, 0.15) is 0 Å². The van der Waals surface area contributed by atoms with E-state index in [1.54, 1.807) is 0 Å². The normalized spacial score (nSPS) is 10.4. The van der Waals surface area contributed by atoms with E-state index in [2.05, 4.69) is 9.05 Å². The third-order valence-electron chi connectivity index (χ3n) is 0.447. The number of hydrogen-bond donors (Lipinski definition) is 0. The molecule has 0 bridgehead atoms. The average Bonchev–Trinajstić information content (AvgIpc) is 1.68. The summed E-state index contributed by atoms with van der Waals surface area (Å²) in [7, 11) is -1.83. The molecule has 0 aromatic heterocycles. The zero-order valence-electron chi connectivity index (χ0n) is 4.58.